The number of aromatic nitrogens is 2. The van der Waals surface area contributed by atoms with E-state index in [4.69, 9.17) is 30.5 Å². The van der Waals surface area contributed by atoms with Crippen LogP contribution in [0.1, 0.15) is 40.2 Å². The summed E-state index contributed by atoms with van der Waals surface area (Å²) in [5.74, 6) is -2.00. The Hall–Kier alpha value is -4.67. The number of carbonyl (C=O) groups is 1. The van der Waals surface area contributed by atoms with Crippen LogP contribution in [-0.2, 0) is 23.5 Å². The molecule has 4 aromatic carbocycles. The third-order valence-electron chi connectivity index (χ3n) is 8.16. The minimum Gasteiger partial charge on any atom is -0.493 e. The lowest BCUT2D eigenvalue weighted by Crippen LogP contribution is -2.35. The van der Waals surface area contributed by atoms with Gasteiger partial charge in [-0.3, -0.25) is 0 Å². The smallest absolute Gasteiger partial charge is 0.335 e. The summed E-state index contributed by atoms with van der Waals surface area (Å²) in [6.07, 6.45) is 0.990. The van der Waals surface area contributed by atoms with Crippen molar-refractivity contribution in [3.63, 3.8) is 0 Å². The SMILES string of the molecule is COCCn1c(Cc2c(F)cc(-c3cccc4c3OC3(CCCOc5cc(Cl)ccc53)O4)cc2F)nc2ccc(C(=O)O)cc21. The van der Waals surface area contributed by atoms with Crippen LogP contribution in [0.5, 0.6) is 17.2 Å². The fraction of sp³-hybridized carbons (Fsp3) is 0.235. The lowest BCUT2D eigenvalue weighted by atomic mass is 9.99. The van der Waals surface area contributed by atoms with Gasteiger partial charge in [0.15, 0.2) is 11.5 Å². The van der Waals surface area contributed by atoms with E-state index in [0.29, 0.717) is 82.9 Å². The van der Waals surface area contributed by atoms with Crippen molar-refractivity contribution in [1.29, 1.82) is 0 Å². The minimum atomic E-state index is -1.17. The molecule has 1 unspecified atom stereocenters. The molecule has 2 aliphatic heterocycles. The van der Waals surface area contributed by atoms with Crippen molar-refractivity contribution in [3.8, 4) is 28.4 Å². The van der Waals surface area contributed by atoms with Crippen LogP contribution in [0.25, 0.3) is 22.2 Å². The first kappa shape index (κ1) is 29.1. The Bertz CT molecular complexity index is 1960. The van der Waals surface area contributed by atoms with Crippen LogP contribution >= 0.6 is 11.6 Å². The molecule has 45 heavy (non-hydrogen) atoms. The van der Waals surface area contributed by atoms with E-state index in [9.17, 15) is 9.90 Å². The molecule has 0 radical (unpaired) electrons. The number of para-hydroxylation sites is 1. The van der Waals surface area contributed by atoms with Crippen LogP contribution < -0.4 is 14.2 Å². The van der Waals surface area contributed by atoms with Crippen LogP contribution in [0.3, 0.4) is 0 Å². The van der Waals surface area contributed by atoms with Crippen molar-refractivity contribution < 1.29 is 37.6 Å². The van der Waals surface area contributed by atoms with Crippen LogP contribution in [0.15, 0.2) is 66.7 Å². The Morgan fingerprint density at radius 2 is 1.89 bits per heavy atom. The number of nitrogens with zero attached hydrogens (tertiary/aromatic N) is 2. The highest BCUT2D eigenvalue weighted by Crippen LogP contribution is 2.53. The maximum atomic E-state index is 15.8. The van der Waals surface area contributed by atoms with Crippen LogP contribution in [0, 0.1) is 11.6 Å². The van der Waals surface area contributed by atoms with Crippen molar-refractivity contribution in [3.05, 3.63) is 106 Å². The molecule has 7 rings (SSSR count). The monoisotopic (exact) mass is 632 g/mol. The third-order valence-corrected chi connectivity index (χ3v) is 8.40. The summed E-state index contributed by atoms with van der Waals surface area (Å²) in [6.45, 7) is 1.08. The Labute approximate surface area is 261 Å². The summed E-state index contributed by atoms with van der Waals surface area (Å²) >= 11 is 6.22. The van der Waals surface area contributed by atoms with E-state index in [1.54, 1.807) is 41.0 Å². The summed E-state index contributed by atoms with van der Waals surface area (Å²) in [5, 5.41) is 9.98. The van der Waals surface area contributed by atoms with Gasteiger partial charge in [0, 0.05) is 42.6 Å². The zero-order valence-corrected chi connectivity index (χ0v) is 24.9. The molecule has 0 aliphatic carbocycles. The summed E-state index contributed by atoms with van der Waals surface area (Å²) in [6, 6.07) is 17.6. The number of halogens is 3. The molecule has 230 valence electrons. The molecule has 5 aromatic rings. The van der Waals surface area contributed by atoms with E-state index in [-0.39, 0.29) is 23.1 Å². The predicted molar refractivity (Wildman–Crippen MR) is 162 cm³/mol. The highest BCUT2D eigenvalue weighted by Gasteiger charge is 2.47. The molecular formula is C34H27ClF2N2O6. The molecule has 0 saturated heterocycles. The van der Waals surface area contributed by atoms with Gasteiger partial charge in [0.05, 0.1) is 35.4 Å². The minimum absolute atomic E-state index is 0.0846. The molecule has 1 atom stereocenters. The fourth-order valence-corrected chi connectivity index (χ4v) is 6.18. The number of hydrogen-bond acceptors (Lipinski definition) is 6. The Kier molecular flexibility index (Phi) is 7.33. The van der Waals surface area contributed by atoms with Crippen molar-refractivity contribution in [2.75, 3.05) is 20.3 Å². The van der Waals surface area contributed by atoms with E-state index < -0.39 is 23.4 Å². The first-order valence-corrected chi connectivity index (χ1v) is 14.8. The molecule has 3 heterocycles. The van der Waals surface area contributed by atoms with Gasteiger partial charge in [-0.15, -0.1) is 0 Å². The van der Waals surface area contributed by atoms with Gasteiger partial charge in [0.1, 0.15) is 23.2 Å². The highest BCUT2D eigenvalue weighted by atomic mass is 35.5. The molecule has 0 fully saturated rings. The topological polar surface area (TPSA) is 92.0 Å². The lowest BCUT2D eigenvalue weighted by Gasteiger charge is -2.27. The molecule has 1 spiro atoms. The van der Waals surface area contributed by atoms with Crippen molar-refractivity contribution >= 4 is 28.6 Å². The molecule has 0 saturated carbocycles. The van der Waals surface area contributed by atoms with Crippen LogP contribution in [0.4, 0.5) is 8.78 Å². The van der Waals surface area contributed by atoms with Gasteiger partial charge in [0.25, 0.3) is 5.79 Å². The van der Waals surface area contributed by atoms with Crippen molar-refractivity contribution in [1.82, 2.24) is 9.55 Å². The van der Waals surface area contributed by atoms with Crippen LogP contribution in [0.2, 0.25) is 5.02 Å². The lowest BCUT2D eigenvalue weighted by molar-refractivity contribution is -0.0919. The number of aromatic carboxylic acids is 1. The van der Waals surface area contributed by atoms with E-state index in [1.165, 1.54) is 31.4 Å². The number of carboxylic acids is 1. The van der Waals surface area contributed by atoms with Gasteiger partial charge < -0.3 is 28.6 Å². The zero-order chi connectivity index (χ0) is 31.3. The first-order chi connectivity index (χ1) is 21.8. The standard InChI is InChI=1S/C34H27ClF2N2O6/c1-42-13-11-39-28-16-19(33(40)41)6-9-27(28)38-31(39)18-23-25(36)14-20(15-26(23)37)22-4-2-5-29-32(22)45-34(44-29)10-3-12-43-30-17-21(35)7-8-24(30)34/h2,4-9,14-17H,3,10-13,18H2,1H3,(H,40,41). The average molecular weight is 633 g/mol. The van der Waals surface area contributed by atoms with E-state index in [1.807, 2.05) is 6.07 Å². The third kappa shape index (κ3) is 5.13. The Morgan fingerprint density at radius 1 is 1.07 bits per heavy atom. The second-order valence-corrected chi connectivity index (χ2v) is 11.4. The number of rotatable bonds is 7. The van der Waals surface area contributed by atoms with Gasteiger partial charge in [-0.05, 0) is 66.6 Å². The number of benzene rings is 4. The number of hydrogen-bond donors (Lipinski definition) is 1. The molecular weight excluding hydrogens is 606 g/mol. The first-order valence-electron chi connectivity index (χ1n) is 14.4. The normalized spacial score (nSPS) is 16.9. The number of ether oxygens (including phenoxy) is 4. The molecule has 11 heteroatoms. The van der Waals surface area contributed by atoms with Gasteiger partial charge in [-0.1, -0.05) is 23.7 Å². The molecule has 0 bridgehead atoms. The van der Waals surface area contributed by atoms with E-state index in [2.05, 4.69) is 4.98 Å². The number of fused-ring (bicyclic) bond motifs is 4. The largest absolute Gasteiger partial charge is 0.493 e. The second kappa shape index (κ2) is 11.4. The Balaban J connectivity index is 1.24. The molecule has 1 aromatic heterocycles. The number of methoxy groups -OCH3 is 1. The Morgan fingerprint density at radius 3 is 2.67 bits per heavy atom. The number of imidazole rings is 1. The quantitative estimate of drug-likeness (QED) is 0.200. The van der Waals surface area contributed by atoms with Crippen molar-refractivity contribution in [2.45, 2.75) is 31.6 Å². The van der Waals surface area contributed by atoms with Crippen molar-refractivity contribution in [2.24, 2.45) is 0 Å². The number of carboxylic acid groups (broad SMARTS) is 1. The van der Waals surface area contributed by atoms with Gasteiger partial charge >= 0.3 is 5.97 Å². The van der Waals surface area contributed by atoms with E-state index in [0.717, 1.165) is 0 Å². The predicted octanol–water partition coefficient (Wildman–Crippen LogP) is 7.37. The summed E-state index contributed by atoms with van der Waals surface area (Å²) in [7, 11) is 1.54. The summed E-state index contributed by atoms with van der Waals surface area (Å²) in [4.78, 5) is 16.1. The zero-order valence-electron chi connectivity index (χ0n) is 24.1. The summed E-state index contributed by atoms with van der Waals surface area (Å²) in [5.41, 5.74) is 2.42. The maximum Gasteiger partial charge on any atom is 0.335 e. The fourth-order valence-electron chi connectivity index (χ4n) is 6.01. The molecule has 1 N–H and O–H groups in total. The van der Waals surface area contributed by atoms with Gasteiger partial charge in [-0.2, -0.15) is 0 Å². The highest BCUT2D eigenvalue weighted by molar-refractivity contribution is 6.30. The second-order valence-electron chi connectivity index (χ2n) is 11.0. The van der Waals surface area contributed by atoms with E-state index >= 15 is 8.78 Å². The molecule has 0 amide bonds. The summed E-state index contributed by atoms with van der Waals surface area (Å²) < 4.78 is 57.4. The van der Waals surface area contributed by atoms with Gasteiger partial charge in [0.2, 0.25) is 0 Å². The van der Waals surface area contributed by atoms with Gasteiger partial charge in [-0.25, -0.2) is 18.6 Å². The molecule has 2 aliphatic rings. The maximum absolute atomic E-state index is 15.8. The van der Waals surface area contributed by atoms with Crippen LogP contribution in [-0.4, -0.2) is 41.0 Å². The molecule has 8 nitrogen and oxygen atoms in total. The average Bonchev–Trinajstić information content (AvgIpc) is 3.51.